The third-order valence-corrected chi connectivity index (χ3v) is 4.95. The van der Waals surface area contributed by atoms with Crippen molar-refractivity contribution in [3.63, 3.8) is 0 Å². The molecule has 1 aromatic heterocycles. The predicted octanol–water partition coefficient (Wildman–Crippen LogP) is 1.63. The van der Waals surface area contributed by atoms with Crippen molar-refractivity contribution < 1.29 is 31.5 Å². The van der Waals surface area contributed by atoms with Gasteiger partial charge in [0.05, 0.1) is 17.4 Å². The molecule has 0 amide bonds. The molecule has 7 nitrogen and oxygen atoms in total. The Morgan fingerprint density at radius 2 is 1.62 bits per heavy atom. The zero-order valence-electron chi connectivity index (χ0n) is 14.6. The first kappa shape index (κ1) is 20.6. The van der Waals surface area contributed by atoms with Crippen molar-refractivity contribution in [1.29, 1.82) is 0 Å². The van der Waals surface area contributed by atoms with Gasteiger partial charge in [0, 0.05) is 11.1 Å². The molecule has 0 atom stereocenters. The Morgan fingerprint density at radius 1 is 1.03 bits per heavy atom. The van der Waals surface area contributed by atoms with Crippen LogP contribution in [0.2, 0.25) is 0 Å². The average molecular weight is 424 g/mol. The Balaban J connectivity index is 2.31. The van der Waals surface area contributed by atoms with E-state index in [1.165, 1.54) is 36.4 Å². The average Bonchev–Trinajstić information content (AvgIpc) is 3.00. The summed E-state index contributed by atoms with van der Waals surface area (Å²) >= 11 is 0. The lowest BCUT2D eigenvalue weighted by molar-refractivity contribution is -0.306. The highest BCUT2D eigenvalue weighted by molar-refractivity contribution is 7.89. The molecule has 0 spiro atoms. The minimum absolute atomic E-state index is 0.152. The Labute approximate surface area is 163 Å². The van der Waals surface area contributed by atoms with Gasteiger partial charge >= 0.3 is 6.18 Å². The molecule has 0 aliphatic heterocycles. The fourth-order valence-electron chi connectivity index (χ4n) is 2.87. The number of primary sulfonamides is 1. The van der Waals surface area contributed by atoms with Crippen LogP contribution in [0.3, 0.4) is 0 Å². The second kappa shape index (κ2) is 7.33. The Morgan fingerprint density at radius 3 is 2.10 bits per heavy atom. The van der Waals surface area contributed by atoms with Crippen molar-refractivity contribution in [2.24, 2.45) is 5.14 Å². The number of nitrogens with zero attached hydrogens (tertiary/aromatic N) is 2. The first-order chi connectivity index (χ1) is 13.5. The number of carboxylic acid groups (broad SMARTS) is 1. The van der Waals surface area contributed by atoms with E-state index in [2.05, 4.69) is 5.10 Å². The molecule has 0 saturated heterocycles. The standard InChI is InChI=1S/C18H14F3N3O4S/c19-18(20,21)17-15(11-4-2-1-3-5-11)16(23-24(17)10-14(25)26)12-6-8-13(9-7-12)29(22,27)28/h1-9H,10H2,(H,25,26)(H2,22,27,28)/p-1. The molecule has 29 heavy (non-hydrogen) atoms. The molecule has 2 aromatic carbocycles. The summed E-state index contributed by atoms with van der Waals surface area (Å²) in [6.45, 7) is -1.11. The van der Waals surface area contributed by atoms with E-state index < -0.39 is 34.4 Å². The van der Waals surface area contributed by atoms with Gasteiger partial charge in [0.25, 0.3) is 0 Å². The summed E-state index contributed by atoms with van der Waals surface area (Å²) in [5, 5.41) is 19.9. The largest absolute Gasteiger partial charge is 0.548 e. The molecule has 0 fully saturated rings. The van der Waals surface area contributed by atoms with E-state index in [1.54, 1.807) is 6.07 Å². The van der Waals surface area contributed by atoms with Gasteiger partial charge in [-0.2, -0.15) is 18.3 Å². The Bertz CT molecular complexity index is 1160. The SMILES string of the molecule is NS(=O)(=O)c1ccc(-c2nn(CC(=O)[O-])c(C(F)(F)F)c2-c2ccccc2)cc1. The highest BCUT2D eigenvalue weighted by Crippen LogP contribution is 2.42. The quantitative estimate of drug-likeness (QED) is 0.668. The van der Waals surface area contributed by atoms with Gasteiger partial charge in [-0.05, 0) is 17.7 Å². The fraction of sp³-hybridized carbons (Fsp3) is 0.111. The number of benzene rings is 2. The monoisotopic (exact) mass is 424 g/mol. The van der Waals surface area contributed by atoms with Gasteiger partial charge in [0.15, 0.2) is 5.69 Å². The number of sulfonamides is 1. The number of carbonyl (C=O) groups excluding carboxylic acids is 1. The maximum Gasteiger partial charge on any atom is 0.433 e. The molecule has 1 heterocycles. The molecule has 0 saturated carbocycles. The summed E-state index contributed by atoms with van der Waals surface area (Å²) in [4.78, 5) is 10.7. The molecule has 152 valence electrons. The summed E-state index contributed by atoms with van der Waals surface area (Å²) in [7, 11) is -4.00. The molecule has 2 N–H and O–H groups in total. The highest BCUT2D eigenvalue weighted by atomic mass is 32.2. The van der Waals surface area contributed by atoms with Gasteiger partial charge in [0.1, 0.15) is 5.69 Å². The number of hydrogen-bond donors (Lipinski definition) is 1. The van der Waals surface area contributed by atoms with E-state index in [9.17, 15) is 31.5 Å². The molecule has 0 aliphatic carbocycles. The zero-order chi connectivity index (χ0) is 21.4. The molecule has 3 aromatic rings. The number of aliphatic carboxylic acids is 1. The molecule has 11 heteroatoms. The number of aromatic nitrogens is 2. The molecule has 0 aliphatic rings. The lowest BCUT2D eigenvalue weighted by Crippen LogP contribution is -2.30. The molecule has 0 unspecified atom stereocenters. The molecule has 3 rings (SSSR count). The number of alkyl halides is 3. The summed E-state index contributed by atoms with van der Waals surface area (Å²) in [5.41, 5.74) is -1.43. The van der Waals surface area contributed by atoms with Gasteiger partial charge < -0.3 is 9.90 Å². The fourth-order valence-corrected chi connectivity index (χ4v) is 3.38. The third kappa shape index (κ3) is 4.30. The summed E-state index contributed by atoms with van der Waals surface area (Å²) in [5.74, 6) is -1.74. The molecule has 0 bridgehead atoms. The van der Waals surface area contributed by atoms with Crippen LogP contribution in [-0.4, -0.2) is 24.2 Å². The van der Waals surface area contributed by atoms with Crippen LogP contribution in [0.15, 0.2) is 59.5 Å². The van der Waals surface area contributed by atoms with Crippen LogP contribution in [-0.2, 0) is 27.5 Å². The minimum Gasteiger partial charge on any atom is -0.548 e. The minimum atomic E-state index is -4.91. The Kier molecular flexibility index (Phi) is 5.20. The van der Waals surface area contributed by atoms with Crippen molar-refractivity contribution in [1.82, 2.24) is 9.78 Å². The van der Waals surface area contributed by atoms with Gasteiger partial charge in [-0.1, -0.05) is 42.5 Å². The van der Waals surface area contributed by atoms with Crippen molar-refractivity contribution in [2.75, 3.05) is 0 Å². The number of halogens is 3. The molecular weight excluding hydrogens is 411 g/mol. The summed E-state index contributed by atoms with van der Waals surface area (Å²) in [6.07, 6.45) is -4.91. The van der Waals surface area contributed by atoms with Crippen LogP contribution in [0.25, 0.3) is 22.4 Å². The normalized spacial score (nSPS) is 12.1. The number of hydrogen-bond acceptors (Lipinski definition) is 5. The van der Waals surface area contributed by atoms with Gasteiger partial charge in [0.2, 0.25) is 10.0 Å². The smallest absolute Gasteiger partial charge is 0.433 e. The van der Waals surface area contributed by atoms with E-state index in [-0.39, 0.29) is 27.3 Å². The zero-order valence-corrected chi connectivity index (χ0v) is 15.4. The van der Waals surface area contributed by atoms with E-state index in [1.807, 2.05) is 0 Å². The lowest BCUT2D eigenvalue weighted by Gasteiger charge is -2.13. The van der Waals surface area contributed by atoms with Crippen LogP contribution in [0.5, 0.6) is 0 Å². The van der Waals surface area contributed by atoms with Crippen molar-refractivity contribution in [3.05, 3.63) is 60.3 Å². The van der Waals surface area contributed by atoms with Crippen molar-refractivity contribution >= 4 is 16.0 Å². The van der Waals surface area contributed by atoms with Gasteiger partial charge in [-0.3, -0.25) is 4.68 Å². The number of carbonyl (C=O) groups is 1. The Hall–Kier alpha value is -3.18. The van der Waals surface area contributed by atoms with Crippen LogP contribution in [0.4, 0.5) is 13.2 Å². The van der Waals surface area contributed by atoms with Crippen LogP contribution >= 0.6 is 0 Å². The predicted molar refractivity (Wildman–Crippen MR) is 94.5 cm³/mol. The van der Waals surface area contributed by atoms with Crippen LogP contribution in [0.1, 0.15) is 5.69 Å². The number of rotatable bonds is 5. The number of nitrogens with two attached hydrogens (primary N) is 1. The maximum atomic E-state index is 13.8. The second-order valence-corrected chi connectivity index (χ2v) is 7.60. The van der Waals surface area contributed by atoms with Gasteiger partial charge in [-0.15, -0.1) is 0 Å². The van der Waals surface area contributed by atoms with E-state index in [4.69, 9.17) is 5.14 Å². The molecular formula is C18H13F3N3O4S-. The van der Waals surface area contributed by atoms with Crippen LogP contribution in [0, 0.1) is 0 Å². The van der Waals surface area contributed by atoms with Gasteiger partial charge in [-0.25, -0.2) is 13.6 Å². The first-order valence-corrected chi connectivity index (χ1v) is 9.59. The van der Waals surface area contributed by atoms with E-state index >= 15 is 0 Å². The topological polar surface area (TPSA) is 118 Å². The summed E-state index contributed by atoms with van der Waals surface area (Å²) in [6, 6.07) is 12.3. The van der Waals surface area contributed by atoms with Crippen LogP contribution < -0.4 is 10.2 Å². The van der Waals surface area contributed by atoms with Crippen molar-refractivity contribution in [2.45, 2.75) is 17.6 Å². The highest BCUT2D eigenvalue weighted by Gasteiger charge is 2.40. The van der Waals surface area contributed by atoms with E-state index in [0.717, 1.165) is 12.1 Å². The summed E-state index contributed by atoms with van der Waals surface area (Å²) < 4.78 is 64.6. The lowest BCUT2D eigenvalue weighted by atomic mass is 9.98. The maximum absolute atomic E-state index is 13.8. The third-order valence-electron chi connectivity index (χ3n) is 4.02. The van der Waals surface area contributed by atoms with E-state index in [0.29, 0.717) is 4.68 Å². The molecule has 0 radical (unpaired) electrons. The van der Waals surface area contributed by atoms with Crippen molar-refractivity contribution in [3.8, 4) is 22.4 Å². The first-order valence-electron chi connectivity index (χ1n) is 8.05. The number of carboxylic acids is 1. The second-order valence-electron chi connectivity index (χ2n) is 6.04.